The molecule has 0 unspecified atom stereocenters. The zero-order chi connectivity index (χ0) is 13.4. The van der Waals surface area contributed by atoms with E-state index in [4.69, 9.17) is 9.47 Å². The second-order valence-electron chi connectivity index (χ2n) is 5.31. The first kappa shape index (κ1) is 15.1. The standard InChI is InChI=1S/C13H25N3O2/c1-13(2,3)15-10-11-9-14-12(16-11)5-6-18-8-7-17-4/h9,15H,5-8,10H2,1-4H3,(H,14,16). The molecule has 0 bridgehead atoms. The molecule has 5 heteroatoms. The van der Waals surface area contributed by atoms with Crippen molar-refractivity contribution in [1.29, 1.82) is 0 Å². The number of rotatable bonds is 8. The van der Waals surface area contributed by atoms with E-state index in [-0.39, 0.29) is 5.54 Å². The number of methoxy groups -OCH3 is 1. The maximum absolute atomic E-state index is 5.40. The van der Waals surface area contributed by atoms with E-state index < -0.39 is 0 Å². The smallest absolute Gasteiger partial charge is 0.108 e. The largest absolute Gasteiger partial charge is 0.382 e. The third kappa shape index (κ3) is 6.74. The zero-order valence-corrected chi connectivity index (χ0v) is 11.9. The number of aromatic nitrogens is 2. The van der Waals surface area contributed by atoms with E-state index in [1.54, 1.807) is 7.11 Å². The predicted molar refractivity (Wildman–Crippen MR) is 71.6 cm³/mol. The van der Waals surface area contributed by atoms with Gasteiger partial charge >= 0.3 is 0 Å². The molecule has 0 spiro atoms. The number of hydrogen-bond donors (Lipinski definition) is 2. The summed E-state index contributed by atoms with van der Waals surface area (Å²) in [7, 11) is 1.67. The summed E-state index contributed by atoms with van der Waals surface area (Å²) < 4.78 is 10.3. The highest BCUT2D eigenvalue weighted by molar-refractivity contribution is 5.01. The Morgan fingerprint density at radius 3 is 2.72 bits per heavy atom. The van der Waals surface area contributed by atoms with Gasteiger partial charge in [-0.25, -0.2) is 4.98 Å². The van der Waals surface area contributed by atoms with Gasteiger partial charge in [-0.2, -0.15) is 0 Å². The maximum atomic E-state index is 5.40. The minimum atomic E-state index is 0.120. The Hall–Kier alpha value is -0.910. The van der Waals surface area contributed by atoms with Gasteiger partial charge in [0.15, 0.2) is 0 Å². The fourth-order valence-electron chi connectivity index (χ4n) is 1.40. The molecule has 0 fully saturated rings. The molecular weight excluding hydrogens is 230 g/mol. The fraction of sp³-hybridized carbons (Fsp3) is 0.769. The van der Waals surface area contributed by atoms with Crippen molar-refractivity contribution < 1.29 is 9.47 Å². The summed E-state index contributed by atoms with van der Waals surface area (Å²) in [6.07, 6.45) is 2.68. The van der Waals surface area contributed by atoms with Crippen molar-refractivity contribution >= 4 is 0 Å². The first-order chi connectivity index (χ1) is 8.51. The Balaban J connectivity index is 2.22. The molecule has 1 rings (SSSR count). The van der Waals surface area contributed by atoms with Crippen LogP contribution in [0.1, 0.15) is 32.3 Å². The van der Waals surface area contributed by atoms with Crippen LogP contribution in [0.5, 0.6) is 0 Å². The van der Waals surface area contributed by atoms with Crippen LogP contribution in [-0.4, -0.2) is 42.4 Å². The van der Waals surface area contributed by atoms with E-state index >= 15 is 0 Å². The molecule has 0 saturated heterocycles. The Bertz CT molecular complexity index is 331. The molecule has 0 aromatic carbocycles. The molecule has 0 amide bonds. The van der Waals surface area contributed by atoms with Crippen molar-refractivity contribution in [2.75, 3.05) is 26.9 Å². The van der Waals surface area contributed by atoms with Crippen LogP contribution in [0.2, 0.25) is 0 Å². The highest BCUT2D eigenvalue weighted by Crippen LogP contribution is 2.03. The van der Waals surface area contributed by atoms with E-state index in [2.05, 4.69) is 36.1 Å². The SMILES string of the molecule is COCCOCCc1ncc(CNC(C)(C)C)[nH]1. The first-order valence-corrected chi connectivity index (χ1v) is 6.36. The average Bonchev–Trinajstić information content (AvgIpc) is 2.73. The second-order valence-corrected chi connectivity index (χ2v) is 5.31. The minimum absolute atomic E-state index is 0.120. The molecular formula is C13H25N3O2. The van der Waals surface area contributed by atoms with Gasteiger partial charge in [-0.15, -0.1) is 0 Å². The molecule has 0 aliphatic carbocycles. The second kappa shape index (κ2) is 7.51. The van der Waals surface area contributed by atoms with Crippen molar-refractivity contribution in [2.45, 2.75) is 39.3 Å². The van der Waals surface area contributed by atoms with Gasteiger partial charge in [0.2, 0.25) is 0 Å². The summed E-state index contributed by atoms with van der Waals surface area (Å²) >= 11 is 0. The van der Waals surface area contributed by atoms with Gasteiger partial charge in [-0.3, -0.25) is 0 Å². The molecule has 1 heterocycles. The van der Waals surface area contributed by atoms with Crippen LogP contribution in [0.3, 0.4) is 0 Å². The highest BCUT2D eigenvalue weighted by Gasteiger charge is 2.09. The van der Waals surface area contributed by atoms with Gasteiger partial charge in [0.05, 0.1) is 19.8 Å². The quantitative estimate of drug-likeness (QED) is 0.691. The summed E-state index contributed by atoms with van der Waals surface area (Å²) in [5.41, 5.74) is 1.23. The van der Waals surface area contributed by atoms with Crippen LogP contribution in [0.4, 0.5) is 0 Å². The molecule has 1 aromatic heterocycles. The fourth-order valence-corrected chi connectivity index (χ4v) is 1.40. The van der Waals surface area contributed by atoms with Gasteiger partial charge in [0, 0.05) is 37.5 Å². The summed E-state index contributed by atoms with van der Waals surface area (Å²) in [6, 6.07) is 0. The van der Waals surface area contributed by atoms with Gasteiger partial charge in [-0.1, -0.05) is 0 Å². The third-order valence-corrected chi connectivity index (χ3v) is 2.41. The van der Waals surface area contributed by atoms with Crippen molar-refractivity contribution in [1.82, 2.24) is 15.3 Å². The highest BCUT2D eigenvalue weighted by atomic mass is 16.5. The summed E-state index contributed by atoms with van der Waals surface area (Å²) in [4.78, 5) is 7.62. The van der Waals surface area contributed by atoms with E-state index in [1.807, 2.05) is 6.20 Å². The number of nitrogens with one attached hydrogen (secondary N) is 2. The van der Waals surface area contributed by atoms with Crippen LogP contribution in [0.25, 0.3) is 0 Å². The lowest BCUT2D eigenvalue weighted by molar-refractivity contribution is 0.0717. The molecule has 2 N–H and O–H groups in total. The molecule has 0 atom stereocenters. The Labute approximate surface area is 109 Å². The van der Waals surface area contributed by atoms with Crippen LogP contribution < -0.4 is 5.32 Å². The van der Waals surface area contributed by atoms with Crippen LogP contribution >= 0.6 is 0 Å². The van der Waals surface area contributed by atoms with Gasteiger partial charge in [0.1, 0.15) is 5.82 Å². The Kier molecular flexibility index (Phi) is 6.32. The number of nitrogens with zero attached hydrogens (tertiary/aromatic N) is 1. The van der Waals surface area contributed by atoms with Gasteiger partial charge in [0.25, 0.3) is 0 Å². The van der Waals surface area contributed by atoms with E-state index in [1.165, 1.54) is 0 Å². The topological polar surface area (TPSA) is 59.2 Å². The lowest BCUT2D eigenvalue weighted by Gasteiger charge is -2.19. The van der Waals surface area contributed by atoms with Crippen molar-refractivity contribution in [2.24, 2.45) is 0 Å². The third-order valence-electron chi connectivity index (χ3n) is 2.41. The van der Waals surface area contributed by atoms with E-state index in [0.717, 1.165) is 24.5 Å². The molecule has 1 aromatic rings. The Morgan fingerprint density at radius 1 is 1.28 bits per heavy atom. The molecule has 0 saturated carbocycles. The van der Waals surface area contributed by atoms with Gasteiger partial charge < -0.3 is 19.8 Å². The van der Waals surface area contributed by atoms with Crippen molar-refractivity contribution in [3.63, 3.8) is 0 Å². The lowest BCUT2D eigenvalue weighted by atomic mass is 10.1. The van der Waals surface area contributed by atoms with E-state index in [0.29, 0.717) is 19.8 Å². The first-order valence-electron chi connectivity index (χ1n) is 6.36. The number of H-pyrrole nitrogens is 1. The molecule has 0 aliphatic heterocycles. The minimum Gasteiger partial charge on any atom is -0.382 e. The monoisotopic (exact) mass is 255 g/mol. The number of hydrogen-bond acceptors (Lipinski definition) is 4. The predicted octanol–water partition coefficient (Wildman–Crippen LogP) is 1.50. The summed E-state index contributed by atoms with van der Waals surface area (Å²) in [5, 5.41) is 3.42. The van der Waals surface area contributed by atoms with Crippen molar-refractivity contribution in [3.8, 4) is 0 Å². The van der Waals surface area contributed by atoms with Gasteiger partial charge in [-0.05, 0) is 20.8 Å². The average molecular weight is 255 g/mol. The Morgan fingerprint density at radius 2 is 2.06 bits per heavy atom. The van der Waals surface area contributed by atoms with Crippen molar-refractivity contribution in [3.05, 3.63) is 17.7 Å². The maximum Gasteiger partial charge on any atom is 0.108 e. The summed E-state index contributed by atoms with van der Waals surface area (Å²) in [6.45, 7) is 9.19. The number of imidazole rings is 1. The zero-order valence-electron chi connectivity index (χ0n) is 11.9. The molecule has 0 radical (unpaired) electrons. The van der Waals surface area contributed by atoms with E-state index in [9.17, 15) is 0 Å². The summed E-state index contributed by atoms with van der Waals surface area (Å²) in [5.74, 6) is 0.970. The molecule has 104 valence electrons. The molecule has 18 heavy (non-hydrogen) atoms. The number of ether oxygens (including phenoxy) is 2. The normalized spacial score (nSPS) is 12.0. The number of aromatic amines is 1. The van der Waals surface area contributed by atoms with Crippen LogP contribution in [0, 0.1) is 0 Å². The lowest BCUT2D eigenvalue weighted by Crippen LogP contribution is -2.35. The van der Waals surface area contributed by atoms with Crippen LogP contribution in [0.15, 0.2) is 6.20 Å². The molecule has 5 nitrogen and oxygen atoms in total. The van der Waals surface area contributed by atoms with Crippen LogP contribution in [-0.2, 0) is 22.4 Å². The molecule has 0 aliphatic rings.